The quantitative estimate of drug-likeness (QED) is 0.625. The number of amides is 1. The molecule has 140 valence electrons. The second kappa shape index (κ2) is 8.54. The lowest BCUT2D eigenvalue weighted by Crippen LogP contribution is -2.27. The monoisotopic (exact) mass is 367 g/mol. The van der Waals surface area contributed by atoms with E-state index in [0.717, 1.165) is 12.0 Å². The first-order valence-corrected chi connectivity index (χ1v) is 8.89. The third-order valence-corrected chi connectivity index (χ3v) is 4.27. The van der Waals surface area contributed by atoms with Gasteiger partial charge in [-0.2, -0.15) is 0 Å². The molecular weight excluding hydrogens is 345 g/mol. The highest BCUT2D eigenvalue weighted by Gasteiger charge is 2.17. The Labute approximate surface area is 158 Å². The lowest BCUT2D eigenvalue weighted by atomic mass is 10.0. The van der Waals surface area contributed by atoms with E-state index in [0.29, 0.717) is 11.5 Å². The predicted molar refractivity (Wildman–Crippen MR) is 101 cm³/mol. The van der Waals surface area contributed by atoms with Crippen molar-refractivity contribution in [3.05, 3.63) is 89.1 Å². The minimum atomic E-state index is -0.321. The van der Waals surface area contributed by atoms with E-state index in [1.54, 1.807) is 24.3 Å². The summed E-state index contributed by atoms with van der Waals surface area (Å²) in [4.78, 5) is 12.5. The van der Waals surface area contributed by atoms with Crippen molar-refractivity contribution in [1.82, 2.24) is 5.32 Å². The number of rotatable bonds is 7. The van der Waals surface area contributed by atoms with Gasteiger partial charge in [-0.3, -0.25) is 4.79 Å². The Morgan fingerprint density at radius 3 is 2.44 bits per heavy atom. The van der Waals surface area contributed by atoms with Crippen LogP contribution in [0.2, 0.25) is 0 Å². The summed E-state index contributed by atoms with van der Waals surface area (Å²) in [6.07, 6.45) is 0.774. The van der Waals surface area contributed by atoms with E-state index in [9.17, 15) is 9.18 Å². The highest BCUT2D eigenvalue weighted by molar-refractivity contribution is 5.91. The molecule has 1 heterocycles. The summed E-state index contributed by atoms with van der Waals surface area (Å²) in [5.41, 5.74) is 2.24. The first kappa shape index (κ1) is 18.7. The molecule has 27 heavy (non-hydrogen) atoms. The Morgan fingerprint density at radius 2 is 1.78 bits per heavy atom. The Balaban J connectivity index is 1.60. The third kappa shape index (κ3) is 4.97. The number of hydrogen-bond acceptors (Lipinski definition) is 3. The molecule has 2 aromatic carbocycles. The number of benzene rings is 2. The molecule has 0 saturated carbocycles. The number of furan rings is 1. The van der Waals surface area contributed by atoms with E-state index >= 15 is 0 Å². The maximum absolute atomic E-state index is 12.9. The topological polar surface area (TPSA) is 51.5 Å². The van der Waals surface area contributed by atoms with Gasteiger partial charge in [0.15, 0.2) is 5.76 Å². The summed E-state index contributed by atoms with van der Waals surface area (Å²) in [7, 11) is 0. The normalized spacial score (nSPS) is 11.8. The van der Waals surface area contributed by atoms with Gasteiger partial charge in [-0.1, -0.05) is 36.8 Å². The fraction of sp³-hybridized carbons (Fsp3) is 0.227. The maximum atomic E-state index is 12.9. The average molecular weight is 367 g/mol. The highest BCUT2D eigenvalue weighted by Crippen LogP contribution is 2.19. The molecular formula is C22H22FNO3. The SMILES string of the molecule is CCC(NC(=O)c1ccc(COc2ccc(F)cc2)o1)c1ccc(C)cc1. The summed E-state index contributed by atoms with van der Waals surface area (Å²) in [6, 6.07) is 17.1. The van der Waals surface area contributed by atoms with E-state index in [-0.39, 0.29) is 30.1 Å². The molecule has 1 N–H and O–H groups in total. The predicted octanol–water partition coefficient (Wildman–Crippen LogP) is 5.19. The second-order valence-corrected chi connectivity index (χ2v) is 6.35. The molecule has 0 bridgehead atoms. The molecule has 5 heteroatoms. The van der Waals surface area contributed by atoms with Crippen LogP contribution in [0.15, 0.2) is 65.1 Å². The number of carbonyl (C=O) groups excluding carboxylic acids is 1. The molecule has 0 radical (unpaired) electrons. The number of halogens is 1. The Kier molecular flexibility index (Phi) is 5.91. The zero-order chi connectivity index (χ0) is 19.2. The van der Waals surface area contributed by atoms with Crippen LogP contribution in [0.3, 0.4) is 0 Å². The fourth-order valence-corrected chi connectivity index (χ4v) is 2.71. The van der Waals surface area contributed by atoms with Gasteiger partial charge in [0.05, 0.1) is 6.04 Å². The minimum Gasteiger partial charge on any atom is -0.486 e. The minimum absolute atomic E-state index is 0.0814. The van der Waals surface area contributed by atoms with Crippen molar-refractivity contribution in [2.24, 2.45) is 0 Å². The number of ether oxygens (including phenoxy) is 1. The molecule has 1 unspecified atom stereocenters. The van der Waals surface area contributed by atoms with Gasteiger partial charge in [0.2, 0.25) is 0 Å². The molecule has 0 spiro atoms. The van der Waals surface area contributed by atoms with Gasteiger partial charge >= 0.3 is 0 Å². The molecule has 3 aromatic rings. The van der Waals surface area contributed by atoms with Gasteiger partial charge in [-0.25, -0.2) is 4.39 Å². The summed E-state index contributed by atoms with van der Waals surface area (Å²) in [5.74, 6) is 0.698. The van der Waals surface area contributed by atoms with Crippen LogP contribution in [0.1, 0.15) is 46.8 Å². The highest BCUT2D eigenvalue weighted by atomic mass is 19.1. The van der Waals surface area contributed by atoms with E-state index in [1.165, 1.54) is 17.7 Å². The van der Waals surface area contributed by atoms with Crippen LogP contribution in [0.4, 0.5) is 4.39 Å². The van der Waals surface area contributed by atoms with E-state index in [1.807, 2.05) is 38.1 Å². The Bertz CT molecular complexity index is 885. The van der Waals surface area contributed by atoms with Crippen LogP contribution in [0.5, 0.6) is 5.75 Å². The number of hydrogen-bond donors (Lipinski definition) is 1. The van der Waals surface area contributed by atoms with Crippen LogP contribution in [-0.2, 0) is 6.61 Å². The van der Waals surface area contributed by atoms with Gasteiger partial charge in [0.1, 0.15) is 23.9 Å². The van der Waals surface area contributed by atoms with Gasteiger partial charge in [-0.15, -0.1) is 0 Å². The van der Waals surface area contributed by atoms with Crippen LogP contribution in [0.25, 0.3) is 0 Å². The van der Waals surface area contributed by atoms with Crippen LogP contribution < -0.4 is 10.1 Å². The average Bonchev–Trinajstić information content (AvgIpc) is 3.15. The molecule has 1 atom stereocenters. The standard InChI is InChI=1S/C22H22FNO3/c1-3-20(16-6-4-15(2)5-7-16)24-22(25)21-13-12-19(27-21)14-26-18-10-8-17(23)9-11-18/h4-13,20H,3,14H2,1-2H3,(H,24,25). The molecule has 4 nitrogen and oxygen atoms in total. The molecule has 0 fully saturated rings. The van der Waals surface area contributed by atoms with Crippen molar-refractivity contribution in [3.8, 4) is 5.75 Å². The Morgan fingerprint density at radius 1 is 1.07 bits per heavy atom. The molecule has 1 aromatic heterocycles. The van der Waals surface area contributed by atoms with Crippen molar-refractivity contribution in [3.63, 3.8) is 0 Å². The maximum Gasteiger partial charge on any atom is 0.287 e. The van der Waals surface area contributed by atoms with E-state index < -0.39 is 0 Å². The fourth-order valence-electron chi connectivity index (χ4n) is 2.71. The number of nitrogens with one attached hydrogen (secondary N) is 1. The summed E-state index contributed by atoms with van der Waals surface area (Å²) < 4.78 is 24.0. The van der Waals surface area contributed by atoms with Crippen molar-refractivity contribution < 1.29 is 18.3 Å². The molecule has 0 saturated heterocycles. The van der Waals surface area contributed by atoms with Gasteiger partial charge in [-0.05, 0) is 55.3 Å². The summed E-state index contributed by atoms with van der Waals surface area (Å²) in [6.45, 7) is 4.21. The zero-order valence-corrected chi connectivity index (χ0v) is 15.4. The molecule has 0 aliphatic heterocycles. The molecule has 0 aliphatic rings. The summed E-state index contributed by atoms with van der Waals surface area (Å²) >= 11 is 0. The van der Waals surface area contributed by atoms with Crippen molar-refractivity contribution >= 4 is 5.91 Å². The van der Waals surface area contributed by atoms with Crippen LogP contribution in [0, 0.1) is 12.7 Å². The smallest absolute Gasteiger partial charge is 0.287 e. The lowest BCUT2D eigenvalue weighted by Gasteiger charge is -2.17. The lowest BCUT2D eigenvalue weighted by molar-refractivity contribution is 0.0903. The molecule has 1 amide bonds. The van der Waals surface area contributed by atoms with Gasteiger partial charge in [0, 0.05) is 0 Å². The van der Waals surface area contributed by atoms with Gasteiger partial charge in [0.25, 0.3) is 5.91 Å². The first-order valence-electron chi connectivity index (χ1n) is 8.89. The van der Waals surface area contributed by atoms with Crippen molar-refractivity contribution in [1.29, 1.82) is 0 Å². The summed E-state index contributed by atoms with van der Waals surface area (Å²) in [5, 5.41) is 3.00. The number of aryl methyl sites for hydroxylation is 1. The third-order valence-electron chi connectivity index (χ3n) is 4.27. The van der Waals surface area contributed by atoms with Gasteiger partial charge < -0.3 is 14.5 Å². The van der Waals surface area contributed by atoms with Crippen molar-refractivity contribution in [2.75, 3.05) is 0 Å². The molecule has 0 aliphatic carbocycles. The second-order valence-electron chi connectivity index (χ2n) is 6.35. The van der Waals surface area contributed by atoms with E-state index in [4.69, 9.17) is 9.15 Å². The largest absolute Gasteiger partial charge is 0.486 e. The van der Waals surface area contributed by atoms with Crippen LogP contribution >= 0.6 is 0 Å². The first-order chi connectivity index (χ1) is 13.0. The van der Waals surface area contributed by atoms with Crippen molar-refractivity contribution in [2.45, 2.75) is 32.9 Å². The zero-order valence-electron chi connectivity index (χ0n) is 15.4. The number of carbonyl (C=O) groups is 1. The molecule has 3 rings (SSSR count). The van der Waals surface area contributed by atoms with E-state index in [2.05, 4.69) is 5.32 Å². The Hall–Kier alpha value is -3.08. The van der Waals surface area contributed by atoms with Crippen LogP contribution in [-0.4, -0.2) is 5.91 Å².